The fourth-order valence-electron chi connectivity index (χ4n) is 8.93. The Morgan fingerprint density at radius 1 is 1.06 bits per heavy atom. The second kappa shape index (κ2) is 10.0. The molecule has 0 radical (unpaired) electrons. The van der Waals surface area contributed by atoms with Gasteiger partial charge in [0.05, 0.1) is 18.8 Å². The van der Waals surface area contributed by atoms with E-state index in [-0.39, 0.29) is 59.2 Å². The van der Waals surface area contributed by atoms with Gasteiger partial charge < -0.3 is 14.8 Å². The summed E-state index contributed by atoms with van der Waals surface area (Å²) in [6.07, 6.45) is 9.39. The number of aliphatic hydroxyl groups is 2. The molecule has 0 bridgehead atoms. The number of hydrogen-bond donors (Lipinski definition) is 2. The number of rotatable bonds is 6. The fourth-order valence-corrected chi connectivity index (χ4v) is 9.25. The zero-order valence-corrected chi connectivity index (χ0v) is 23.1. The second-order valence-electron chi connectivity index (χ2n) is 11.7. The van der Waals surface area contributed by atoms with Crippen molar-refractivity contribution in [2.75, 3.05) is 6.61 Å². The maximum atomic E-state index is 11.5. The van der Waals surface area contributed by atoms with Gasteiger partial charge in [0.1, 0.15) is 0 Å². The van der Waals surface area contributed by atoms with Gasteiger partial charge in [0.15, 0.2) is 0 Å². The van der Waals surface area contributed by atoms with Crippen molar-refractivity contribution < 1.29 is 56.9 Å². The third kappa shape index (κ3) is 4.88. The summed E-state index contributed by atoms with van der Waals surface area (Å²) >= 11 is 0. The van der Waals surface area contributed by atoms with E-state index in [9.17, 15) is 23.2 Å². The molecule has 32 heavy (non-hydrogen) atoms. The average molecular weight is 481 g/mol. The van der Waals surface area contributed by atoms with Crippen molar-refractivity contribution in [1.82, 2.24) is 0 Å². The molecule has 6 nitrogen and oxygen atoms in total. The van der Waals surface area contributed by atoms with Crippen molar-refractivity contribution in [3.8, 4) is 0 Å². The summed E-state index contributed by atoms with van der Waals surface area (Å²) < 4.78 is 36.4. The van der Waals surface area contributed by atoms with Crippen LogP contribution in [0.5, 0.6) is 0 Å². The zero-order chi connectivity index (χ0) is 22.6. The molecular weight excluding hydrogens is 439 g/mol. The number of hydrogen-bond acceptors (Lipinski definition) is 6. The first-order valence-corrected chi connectivity index (χ1v) is 13.8. The molecule has 0 heterocycles. The Morgan fingerprint density at radius 3 is 2.47 bits per heavy atom. The van der Waals surface area contributed by atoms with Crippen LogP contribution in [0.25, 0.3) is 0 Å². The van der Waals surface area contributed by atoms with Crippen molar-refractivity contribution in [3.63, 3.8) is 0 Å². The minimum Gasteiger partial charge on any atom is -0.726 e. The van der Waals surface area contributed by atoms with Gasteiger partial charge in [0.2, 0.25) is 10.4 Å². The quantitative estimate of drug-likeness (QED) is 0.253. The molecule has 4 rings (SSSR count). The van der Waals surface area contributed by atoms with Crippen LogP contribution in [-0.4, -0.2) is 42.0 Å². The van der Waals surface area contributed by atoms with Crippen molar-refractivity contribution in [2.45, 2.75) is 97.2 Å². The van der Waals surface area contributed by atoms with E-state index in [2.05, 4.69) is 25.0 Å². The molecule has 0 spiro atoms. The van der Waals surface area contributed by atoms with Crippen LogP contribution in [0.3, 0.4) is 0 Å². The predicted octanol–water partition coefficient (Wildman–Crippen LogP) is 0.874. The van der Waals surface area contributed by atoms with Crippen LogP contribution in [0.4, 0.5) is 0 Å². The van der Waals surface area contributed by atoms with Crippen molar-refractivity contribution in [1.29, 1.82) is 0 Å². The monoisotopic (exact) mass is 480 g/mol. The Labute approximate surface area is 216 Å². The molecule has 0 aromatic rings. The molecule has 2 N–H and O–H groups in total. The number of fused-ring (bicyclic) bond motifs is 5. The van der Waals surface area contributed by atoms with Crippen LogP contribution in [0.1, 0.15) is 85.0 Å². The Morgan fingerprint density at radius 2 is 1.78 bits per heavy atom. The summed E-state index contributed by atoms with van der Waals surface area (Å²) in [6, 6.07) is 0. The molecule has 0 saturated heterocycles. The molecule has 0 aromatic carbocycles. The van der Waals surface area contributed by atoms with E-state index < -0.39 is 10.4 Å². The molecular formula is C24H41NaO6S. The van der Waals surface area contributed by atoms with Gasteiger partial charge in [-0.2, -0.15) is 0 Å². The van der Waals surface area contributed by atoms with Crippen molar-refractivity contribution >= 4 is 10.4 Å². The van der Waals surface area contributed by atoms with Crippen LogP contribution in [-0.2, 0) is 14.6 Å². The molecule has 0 aliphatic heterocycles. The number of aliphatic hydroxyl groups excluding tert-OH is 2. The Balaban J connectivity index is 0.00000289. The van der Waals surface area contributed by atoms with Crippen molar-refractivity contribution in [2.24, 2.45) is 46.3 Å². The average Bonchev–Trinajstić information content (AvgIpc) is 3.05. The summed E-state index contributed by atoms with van der Waals surface area (Å²) in [6.45, 7) is 6.91. The van der Waals surface area contributed by atoms with Gasteiger partial charge in [0, 0.05) is 0 Å². The normalized spacial score (nSPS) is 47.0. The first-order chi connectivity index (χ1) is 14.5. The van der Waals surface area contributed by atoms with Gasteiger partial charge in [-0.3, -0.25) is 4.18 Å². The van der Waals surface area contributed by atoms with E-state index in [4.69, 9.17) is 0 Å². The smallest absolute Gasteiger partial charge is 0.726 e. The summed E-state index contributed by atoms with van der Waals surface area (Å²) in [5, 5.41) is 21.8. The van der Waals surface area contributed by atoms with Gasteiger partial charge in [-0.25, -0.2) is 8.42 Å². The van der Waals surface area contributed by atoms with Gasteiger partial charge >= 0.3 is 29.6 Å². The standard InChI is InChI=1S/C24H42O6S.Na/c1-15(5-4-12-30-31(27,28)29)19-8-9-20-18-7-6-16-13-17(25)10-11-23(16,2)21(18)14-22(26)24(19,20)3;/h15-22,25-26H,4-14H2,1-3H3,(H,27,28,29);/q;+1/p-1/t15-,16-,17-,18+,19-,20+,21+,22+,23+,24-;/m1./s1. The van der Waals surface area contributed by atoms with Gasteiger partial charge in [-0.05, 0) is 111 Å². The van der Waals surface area contributed by atoms with Crippen LogP contribution < -0.4 is 29.6 Å². The largest absolute Gasteiger partial charge is 1.00 e. The summed E-state index contributed by atoms with van der Waals surface area (Å²) in [4.78, 5) is 0. The van der Waals surface area contributed by atoms with Gasteiger partial charge in [-0.15, -0.1) is 0 Å². The van der Waals surface area contributed by atoms with Crippen LogP contribution in [0.2, 0.25) is 0 Å². The molecule has 0 aromatic heterocycles. The molecule has 0 unspecified atom stereocenters. The molecule has 0 amide bonds. The van der Waals surface area contributed by atoms with Crippen LogP contribution in [0, 0.1) is 46.3 Å². The zero-order valence-electron chi connectivity index (χ0n) is 20.3. The van der Waals surface area contributed by atoms with Gasteiger partial charge in [0.25, 0.3) is 0 Å². The van der Waals surface area contributed by atoms with E-state index in [0.29, 0.717) is 41.9 Å². The van der Waals surface area contributed by atoms with E-state index in [1.54, 1.807) is 0 Å². The van der Waals surface area contributed by atoms with E-state index in [0.717, 1.165) is 38.5 Å². The Hall–Kier alpha value is 0.790. The molecule has 4 fully saturated rings. The molecule has 4 aliphatic rings. The Kier molecular flexibility index (Phi) is 8.59. The minimum absolute atomic E-state index is 0. The summed E-state index contributed by atoms with van der Waals surface area (Å²) in [5.74, 6) is 3.11. The van der Waals surface area contributed by atoms with Gasteiger partial charge in [-0.1, -0.05) is 20.8 Å². The summed E-state index contributed by atoms with van der Waals surface area (Å²) in [5.41, 5.74) is 0.152. The van der Waals surface area contributed by atoms with E-state index in [1.165, 1.54) is 19.3 Å². The second-order valence-corrected chi connectivity index (χ2v) is 12.8. The third-order valence-electron chi connectivity index (χ3n) is 10.5. The fraction of sp³-hybridized carbons (Fsp3) is 1.00. The molecule has 8 heteroatoms. The first kappa shape index (κ1) is 27.4. The molecule has 10 atom stereocenters. The van der Waals surface area contributed by atoms with E-state index >= 15 is 0 Å². The Bertz CT molecular complexity index is 762. The summed E-state index contributed by atoms with van der Waals surface area (Å²) in [7, 11) is -4.62. The van der Waals surface area contributed by atoms with Crippen LogP contribution in [0.15, 0.2) is 0 Å². The SMILES string of the molecule is C[C@H](CCCOS(=O)(=O)[O-])[C@H]1CC[C@H]2[C@@H]3CC[C@@H]4C[C@H](O)CC[C@]4(C)[C@H]3C[C@H](O)[C@]12C.[Na+]. The first-order valence-electron chi connectivity index (χ1n) is 12.4. The molecule has 4 aliphatic carbocycles. The topological polar surface area (TPSA) is 107 Å². The van der Waals surface area contributed by atoms with E-state index in [1.807, 2.05) is 0 Å². The maximum absolute atomic E-state index is 11.5. The van der Waals surface area contributed by atoms with Crippen LogP contribution >= 0.6 is 0 Å². The maximum Gasteiger partial charge on any atom is 1.00 e. The molecule has 180 valence electrons. The third-order valence-corrected chi connectivity index (χ3v) is 11.0. The predicted molar refractivity (Wildman–Crippen MR) is 117 cm³/mol. The molecule has 4 saturated carbocycles. The minimum atomic E-state index is -4.62. The van der Waals surface area contributed by atoms with Crippen molar-refractivity contribution in [3.05, 3.63) is 0 Å².